The van der Waals surface area contributed by atoms with Crippen LogP contribution >= 0.6 is 0 Å². The van der Waals surface area contributed by atoms with Crippen LogP contribution in [0.4, 0.5) is 5.69 Å². The minimum Gasteiger partial charge on any atom is -0.465 e. The molecule has 8 nitrogen and oxygen atoms in total. The van der Waals surface area contributed by atoms with Gasteiger partial charge in [0.05, 0.1) is 30.6 Å². The third-order valence-corrected chi connectivity index (χ3v) is 4.61. The summed E-state index contributed by atoms with van der Waals surface area (Å²) >= 11 is 0. The summed E-state index contributed by atoms with van der Waals surface area (Å²) in [5.74, 6) is 1.35. The molecule has 1 aromatic heterocycles. The van der Waals surface area contributed by atoms with Gasteiger partial charge in [-0.15, -0.1) is 0 Å². The first kappa shape index (κ1) is 19.1. The van der Waals surface area contributed by atoms with Crippen molar-refractivity contribution in [3.63, 3.8) is 0 Å². The highest BCUT2D eigenvalue weighted by atomic mass is 16.6. The zero-order valence-corrected chi connectivity index (χ0v) is 15.2. The molecule has 3 rings (SSSR count). The molecule has 1 amide bonds. The second-order valence-electron chi connectivity index (χ2n) is 6.48. The van der Waals surface area contributed by atoms with Gasteiger partial charge in [-0.25, -0.2) is 0 Å². The van der Waals surface area contributed by atoms with Crippen LogP contribution in [0.25, 0.3) is 0 Å². The number of morpholine rings is 1. The van der Waals surface area contributed by atoms with Crippen molar-refractivity contribution < 1.29 is 18.9 Å². The first-order valence-corrected chi connectivity index (χ1v) is 8.91. The van der Waals surface area contributed by atoms with Crippen molar-refractivity contribution in [2.75, 3.05) is 32.8 Å². The summed E-state index contributed by atoms with van der Waals surface area (Å²) in [7, 11) is 0. The number of nitrogens with zero attached hydrogens (tertiary/aromatic N) is 2. The molecular weight excluding hydrogens is 350 g/mol. The van der Waals surface area contributed by atoms with E-state index in [2.05, 4.69) is 10.2 Å². The van der Waals surface area contributed by atoms with Gasteiger partial charge in [0.2, 0.25) is 5.91 Å². The highest BCUT2D eigenvalue weighted by Crippen LogP contribution is 2.23. The zero-order valence-electron chi connectivity index (χ0n) is 15.2. The number of furan rings is 1. The van der Waals surface area contributed by atoms with Gasteiger partial charge in [0.15, 0.2) is 0 Å². The van der Waals surface area contributed by atoms with Crippen LogP contribution in [-0.2, 0) is 16.0 Å². The second kappa shape index (κ2) is 8.79. The Morgan fingerprint density at radius 1 is 1.26 bits per heavy atom. The number of ether oxygens (including phenoxy) is 1. The van der Waals surface area contributed by atoms with Crippen LogP contribution in [0.1, 0.15) is 23.1 Å². The summed E-state index contributed by atoms with van der Waals surface area (Å²) in [5.41, 5.74) is 0.357. The average molecular weight is 373 g/mol. The van der Waals surface area contributed by atoms with E-state index in [9.17, 15) is 14.9 Å². The summed E-state index contributed by atoms with van der Waals surface area (Å²) in [5, 5.41) is 14.0. The monoisotopic (exact) mass is 373 g/mol. The molecule has 1 aliphatic heterocycles. The quantitative estimate of drug-likeness (QED) is 0.590. The number of nitro benzene ring substituents is 1. The molecule has 1 N–H and O–H groups in total. The van der Waals surface area contributed by atoms with Crippen LogP contribution in [0.2, 0.25) is 0 Å². The molecule has 1 saturated heterocycles. The number of carbonyl (C=O) groups excluding carboxylic acids is 1. The lowest BCUT2D eigenvalue weighted by Gasteiger charge is -2.33. The van der Waals surface area contributed by atoms with Gasteiger partial charge in [-0.1, -0.05) is 18.2 Å². The van der Waals surface area contributed by atoms with E-state index < -0.39 is 4.92 Å². The van der Waals surface area contributed by atoms with Crippen molar-refractivity contribution in [2.24, 2.45) is 0 Å². The molecule has 1 atom stereocenters. The van der Waals surface area contributed by atoms with Gasteiger partial charge in [-0.05, 0) is 19.1 Å². The Bertz CT molecular complexity index is 798. The molecule has 1 aromatic carbocycles. The molecule has 0 radical (unpaired) electrons. The first-order chi connectivity index (χ1) is 13.0. The number of para-hydroxylation sites is 1. The van der Waals surface area contributed by atoms with Gasteiger partial charge < -0.3 is 14.5 Å². The predicted octanol–water partition coefficient (Wildman–Crippen LogP) is 2.23. The van der Waals surface area contributed by atoms with E-state index >= 15 is 0 Å². The molecule has 0 bridgehead atoms. The number of benzene rings is 1. The largest absolute Gasteiger partial charge is 0.465 e. The fourth-order valence-corrected chi connectivity index (χ4v) is 3.22. The summed E-state index contributed by atoms with van der Waals surface area (Å²) in [4.78, 5) is 25.3. The fraction of sp³-hybridized carbons (Fsp3) is 0.421. The standard InChI is InChI=1S/C19H23N3O5/c1-14-6-7-18(27-14)17(21-8-10-26-11-9-21)13-20-19(23)12-15-4-2-3-5-16(15)22(24)25/h2-7,17H,8-13H2,1H3,(H,20,23). The molecule has 2 heterocycles. The molecule has 0 spiro atoms. The van der Waals surface area contributed by atoms with Crippen LogP contribution in [0.3, 0.4) is 0 Å². The number of nitrogens with one attached hydrogen (secondary N) is 1. The Morgan fingerprint density at radius 3 is 2.67 bits per heavy atom. The predicted molar refractivity (Wildman–Crippen MR) is 98.4 cm³/mol. The molecule has 2 aromatic rings. The number of rotatable bonds is 7. The van der Waals surface area contributed by atoms with E-state index in [1.165, 1.54) is 6.07 Å². The first-order valence-electron chi connectivity index (χ1n) is 8.91. The van der Waals surface area contributed by atoms with Gasteiger partial charge in [-0.2, -0.15) is 0 Å². The van der Waals surface area contributed by atoms with Crippen LogP contribution in [0.5, 0.6) is 0 Å². The van der Waals surface area contributed by atoms with Gasteiger partial charge in [0.25, 0.3) is 5.69 Å². The lowest BCUT2D eigenvalue weighted by atomic mass is 10.1. The third kappa shape index (κ3) is 4.93. The Labute approximate surface area is 157 Å². The van der Waals surface area contributed by atoms with Crippen LogP contribution < -0.4 is 5.32 Å². The second-order valence-corrected chi connectivity index (χ2v) is 6.48. The molecule has 1 unspecified atom stereocenters. The molecule has 0 aliphatic carbocycles. The van der Waals surface area contributed by atoms with Crippen molar-refractivity contribution >= 4 is 11.6 Å². The maximum Gasteiger partial charge on any atom is 0.273 e. The number of amides is 1. The number of carbonyl (C=O) groups is 1. The molecule has 144 valence electrons. The maximum atomic E-state index is 12.4. The Hall–Kier alpha value is -2.71. The molecule has 8 heteroatoms. The van der Waals surface area contributed by atoms with Gasteiger partial charge in [0.1, 0.15) is 11.5 Å². The number of hydrogen-bond acceptors (Lipinski definition) is 6. The SMILES string of the molecule is Cc1ccc(C(CNC(=O)Cc2ccccc2[N+](=O)[O-])N2CCOCC2)o1. The lowest BCUT2D eigenvalue weighted by Crippen LogP contribution is -2.44. The molecule has 27 heavy (non-hydrogen) atoms. The highest BCUT2D eigenvalue weighted by molar-refractivity contribution is 5.79. The van der Waals surface area contributed by atoms with E-state index in [0.717, 1.165) is 24.6 Å². The Kier molecular flexibility index (Phi) is 6.20. The molecule has 1 fully saturated rings. The smallest absolute Gasteiger partial charge is 0.273 e. The van der Waals surface area contributed by atoms with Crippen molar-refractivity contribution in [3.05, 3.63) is 63.6 Å². The van der Waals surface area contributed by atoms with E-state index in [0.29, 0.717) is 25.3 Å². The van der Waals surface area contributed by atoms with E-state index in [-0.39, 0.29) is 24.1 Å². The minimum atomic E-state index is -0.467. The van der Waals surface area contributed by atoms with Crippen molar-refractivity contribution in [1.29, 1.82) is 0 Å². The number of nitro groups is 1. The fourth-order valence-electron chi connectivity index (χ4n) is 3.22. The number of hydrogen-bond donors (Lipinski definition) is 1. The van der Waals surface area contributed by atoms with Gasteiger partial charge >= 0.3 is 0 Å². The lowest BCUT2D eigenvalue weighted by molar-refractivity contribution is -0.385. The van der Waals surface area contributed by atoms with E-state index in [4.69, 9.17) is 9.15 Å². The van der Waals surface area contributed by atoms with Gasteiger partial charge in [-0.3, -0.25) is 19.8 Å². The van der Waals surface area contributed by atoms with Crippen LogP contribution in [-0.4, -0.2) is 48.6 Å². The van der Waals surface area contributed by atoms with Gasteiger partial charge in [0, 0.05) is 31.3 Å². The summed E-state index contributed by atoms with van der Waals surface area (Å²) in [6.45, 7) is 5.04. The summed E-state index contributed by atoms with van der Waals surface area (Å²) in [6, 6.07) is 10.0. The average Bonchev–Trinajstić information content (AvgIpc) is 3.09. The van der Waals surface area contributed by atoms with Crippen molar-refractivity contribution in [1.82, 2.24) is 10.2 Å². The maximum absolute atomic E-state index is 12.4. The van der Waals surface area contributed by atoms with Crippen molar-refractivity contribution in [3.8, 4) is 0 Å². The van der Waals surface area contributed by atoms with E-state index in [1.54, 1.807) is 18.2 Å². The Morgan fingerprint density at radius 2 is 2.00 bits per heavy atom. The zero-order chi connectivity index (χ0) is 19.2. The topological polar surface area (TPSA) is 97.8 Å². The number of aryl methyl sites for hydroxylation is 1. The Balaban J connectivity index is 1.66. The summed E-state index contributed by atoms with van der Waals surface area (Å²) < 4.78 is 11.2. The normalized spacial score (nSPS) is 16.0. The third-order valence-electron chi connectivity index (χ3n) is 4.61. The molecule has 1 aliphatic rings. The minimum absolute atomic E-state index is 0.0375. The van der Waals surface area contributed by atoms with E-state index in [1.807, 2.05) is 19.1 Å². The molecular formula is C19H23N3O5. The van der Waals surface area contributed by atoms with Crippen molar-refractivity contribution in [2.45, 2.75) is 19.4 Å². The highest BCUT2D eigenvalue weighted by Gasteiger charge is 2.26. The molecule has 0 saturated carbocycles. The van der Waals surface area contributed by atoms with Crippen LogP contribution in [0.15, 0.2) is 40.8 Å². The van der Waals surface area contributed by atoms with Crippen LogP contribution in [0, 0.1) is 17.0 Å². The summed E-state index contributed by atoms with van der Waals surface area (Å²) in [6.07, 6.45) is -0.0375.